The molecule has 2 N–H and O–H groups in total. The lowest BCUT2D eigenvalue weighted by molar-refractivity contribution is -0.153. The maximum atomic E-state index is 13.2. The van der Waals surface area contributed by atoms with Crippen LogP contribution < -0.4 is 14.8 Å². The molecule has 0 aliphatic carbocycles. The van der Waals surface area contributed by atoms with Gasteiger partial charge in [-0.25, -0.2) is 26.9 Å². The van der Waals surface area contributed by atoms with Crippen LogP contribution in [0.25, 0.3) is 10.2 Å². The number of hydrogen-bond donors (Lipinski definition) is 2. The quantitative estimate of drug-likeness (QED) is 0.463. The molecule has 3 rings (SSSR count). The molecule has 0 atom stereocenters. The highest BCUT2D eigenvalue weighted by molar-refractivity contribution is 7.89. The summed E-state index contributed by atoms with van der Waals surface area (Å²) in [5.74, 6) is -3.12. The van der Waals surface area contributed by atoms with E-state index in [1.165, 1.54) is 18.2 Å². The van der Waals surface area contributed by atoms with Crippen molar-refractivity contribution in [1.82, 2.24) is 9.71 Å². The molecule has 0 unspecified atom stereocenters. The molecule has 0 bridgehead atoms. The first kappa shape index (κ1) is 23.8. The number of rotatable bonds is 8. The Morgan fingerprint density at radius 2 is 1.84 bits per heavy atom. The van der Waals surface area contributed by atoms with Crippen molar-refractivity contribution in [3.05, 3.63) is 48.0 Å². The summed E-state index contributed by atoms with van der Waals surface area (Å²) in [6.45, 7) is -1.77. The van der Waals surface area contributed by atoms with Crippen molar-refractivity contribution in [2.45, 2.75) is 17.5 Å². The molecular weight excluding hydrogens is 481 g/mol. The molecule has 3 aromatic rings. The number of ether oxygens (including phenoxy) is 1. The van der Waals surface area contributed by atoms with Crippen LogP contribution in [0.1, 0.15) is 6.42 Å². The summed E-state index contributed by atoms with van der Waals surface area (Å²) >= 11 is 0.992. The molecular formula is C18H14F5N3O4S2. The van der Waals surface area contributed by atoms with Gasteiger partial charge >= 0.3 is 6.18 Å². The number of anilines is 1. The highest BCUT2D eigenvalue weighted by Crippen LogP contribution is 2.30. The number of halogens is 5. The fraction of sp³-hybridized carbons (Fsp3) is 0.222. The Labute approximate surface area is 182 Å². The molecule has 1 heterocycles. The van der Waals surface area contributed by atoms with Gasteiger partial charge in [0.05, 0.1) is 15.1 Å². The number of fused-ring (bicyclic) bond motifs is 1. The van der Waals surface area contributed by atoms with Gasteiger partial charge in [-0.1, -0.05) is 11.3 Å². The largest absolute Gasteiger partial charge is 0.484 e. The molecule has 1 amide bonds. The Kier molecular flexibility index (Phi) is 6.95. The minimum Gasteiger partial charge on any atom is -0.484 e. The Balaban J connectivity index is 1.55. The van der Waals surface area contributed by atoms with E-state index < -0.39 is 45.2 Å². The van der Waals surface area contributed by atoms with E-state index in [-0.39, 0.29) is 23.8 Å². The molecule has 14 heteroatoms. The SMILES string of the molecule is O=C(CCNS(=O)(=O)c1ccc(F)c(F)c1)Nc1nc2ccc(OCC(F)(F)F)cc2s1. The van der Waals surface area contributed by atoms with Crippen LogP contribution >= 0.6 is 11.3 Å². The lowest BCUT2D eigenvalue weighted by atomic mass is 10.3. The number of sulfonamides is 1. The first-order valence-electron chi connectivity index (χ1n) is 8.78. The average molecular weight is 495 g/mol. The van der Waals surface area contributed by atoms with Gasteiger partial charge in [-0.2, -0.15) is 13.2 Å². The normalized spacial score (nSPS) is 12.2. The molecule has 0 spiro atoms. The molecule has 32 heavy (non-hydrogen) atoms. The molecule has 172 valence electrons. The number of hydrogen-bond acceptors (Lipinski definition) is 6. The van der Waals surface area contributed by atoms with E-state index in [4.69, 9.17) is 0 Å². The number of thiazole rings is 1. The summed E-state index contributed by atoms with van der Waals surface area (Å²) in [7, 11) is -4.15. The number of benzene rings is 2. The zero-order valence-corrected chi connectivity index (χ0v) is 17.5. The van der Waals surface area contributed by atoms with Crippen molar-refractivity contribution in [3.63, 3.8) is 0 Å². The highest BCUT2D eigenvalue weighted by atomic mass is 32.2. The van der Waals surface area contributed by atoms with Crippen LogP contribution in [-0.2, 0) is 14.8 Å². The van der Waals surface area contributed by atoms with Gasteiger partial charge in [0.25, 0.3) is 0 Å². The first-order chi connectivity index (χ1) is 14.9. The summed E-state index contributed by atoms with van der Waals surface area (Å²) in [5.41, 5.74) is 0.420. The summed E-state index contributed by atoms with van der Waals surface area (Å²) in [4.78, 5) is 15.7. The second kappa shape index (κ2) is 9.34. The lowest BCUT2D eigenvalue weighted by Gasteiger charge is -2.08. The number of amides is 1. The molecule has 0 radical (unpaired) electrons. The molecule has 0 aliphatic rings. The number of nitrogens with zero attached hydrogens (tertiary/aromatic N) is 1. The average Bonchev–Trinajstić information content (AvgIpc) is 3.09. The topological polar surface area (TPSA) is 97.4 Å². The van der Waals surface area contributed by atoms with E-state index >= 15 is 0 Å². The van der Waals surface area contributed by atoms with E-state index in [1.54, 1.807) is 0 Å². The van der Waals surface area contributed by atoms with Crippen molar-refractivity contribution >= 4 is 42.6 Å². The second-order valence-corrected chi connectivity index (χ2v) is 9.12. The van der Waals surface area contributed by atoms with Crippen molar-refractivity contribution < 1.29 is 39.9 Å². The van der Waals surface area contributed by atoms with Gasteiger partial charge in [-0.05, 0) is 36.4 Å². The summed E-state index contributed by atoms with van der Waals surface area (Å²) in [5, 5.41) is 2.61. The Hall–Kier alpha value is -2.84. The van der Waals surface area contributed by atoms with Crippen LogP contribution in [0.5, 0.6) is 5.75 Å². The maximum Gasteiger partial charge on any atom is 0.422 e. The van der Waals surface area contributed by atoms with Crippen molar-refractivity contribution in [2.24, 2.45) is 0 Å². The van der Waals surface area contributed by atoms with Gasteiger partial charge in [0, 0.05) is 13.0 Å². The van der Waals surface area contributed by atoms with Crippen LogP contribution in [-0.4, -0.2) is 38.6 Å². The molecule has 7 nitrogen and oxygen atoms in total. The minimum atomic E-state index is -4.48. The first-order valence-corrected chi connectivity index (χ1v) is 11.1. The standard InChI is InChI=1S/C18H14F5N3O4S2/c19-12-3-2-11(8-13(12)20)32(28,29)24-6-5-16(27)26-17-25-14-4-1-10(7-15(14)31-17)30-9-18(21,22)23/h1-4,7-8,24H,5-6,9H2,(H,25,26,27). The minimum absolute atomic E-state index is 0.0111. The molecule has 1 aromatic heterocycles. The molecule has 2 aromatic carbocycles. The lowest BCUT2D eigenvalue weighted by Crippen LogP contribution is -2.28. The van der Waals surface area contributed by atoms with E-state index in [0.29, 0.717) is 22.3 Å². The molecule has 0 saturated heterocycles. The predicted octanol–water partition coefficient (Wildman–Crippen LogP) is 3.82. The fourth-order valence-corrected chi connectivity index (χ4v) is 4.38. The third-order valence-electron chi connectivity index (χ3n) is 3.85. The van der Waals surface area contributed by atoms with Gasteiger partial charge in [-0.15, -0.1) is 0 Å². The summed E-state index contributed by atoms with van der Waals surface area (Å²) in [6, 6.07) is 6.17. The summed E-state index contributed by atoms with van der Waals surface area (Å²) < 4.78 is 94.3. The molecule has 0 saturated carbocycles. The van der Waals surface area contributed by atoms with Gasteiger partial charge in [0.2, 0.25) is 15.9 Å². The number of aromatic nitrogens is 1. The maximum absolute atomic E-state index is 13.2. The zero-order chi connectivity index (χ0) is 23.5. The smallest absolute Gasteiger partial charge is 0.422 e. The van der Waals surface area contributed by atoms with Gasteiger partial charge in [0.1, 0.15) is 5.75 Å². The Morgan fingerprint density at radius 3 is 2.53 bits per heavy atom. The highest BCUT2D eigenvalue weighted by Gasteiger charge is 2.28. The number of nitrogens with one attached hydrogen (secondary N) is 2. The van der Waals surface area contributed by atoms with Gasteiger partial charge in [0.15, 0.2) is 23.4 Å². The second-order valence-electron chi connectivity index (χ2n) is 6.32. The van der Waals surface area contributed by atoms with Crippen LogP contribution in [0, 0.1) is 11.6 Å². The number of carbonyl (C=O) groups is 1. The van der Waals surface area contributed by atoms with E-state index in [1.807, 2.05) is 0 Å². The van der Waals surface area contributed by atoms with E-state index in [9.17, 15) is 35.2 Å². The van der Waals surface area contributed by atoms with Crippen LogP contribution in [0.4, 0.5) is 27.1 Å². The Bertz CT molecular complexity index is 1250. The third kappa shape index (κ3) is 6.34. The van der Waals surface area contributed by atoms with E-state index in [2.05, 4.69) is 19.8 Å². The molecule has 0 fully saturated rings. The Morgan fingerprint density at radius 1 is 1.09 bits per heavy atom. The molecule has 0 aliphatic heterocycles. The fourth-order valence-electron chi connectivity index (χ4n) is 2.42. The monoisotopic (exact) mass is 495 g/mol. The van der Waals surface area contributed by atoms with Crippen LogP contribution in [0.2, 0.25) is 0 Å². The third-order valence-corrected chi connectivity index (χ3v) is 6.25. The van der Waals surface area contributed by atoms with E-state index in [0.717, 1.165) is 17.4 Å². The predicted molar refractivity (Wildman–Crippen MR) is 106 cm³/mol. The zero-order valence-electron chi connectivity index (χ0n) is 15.9. The van der Waals surface area contributed by atoms with Gasteiger partial charge < -0.3 is 10.1 Å². The van der Waals surface area contributed by atoms with Crippen molar-refractivity contribution in [2.75, 3.05) is 18.5 Å². The van der Waals surface area contributed by atoms with Crippen LogP contribution in [0.3, 0.4) is 0 Å². The van der Waals surface area contributed by atoms with Crippen LogP contribution in [0.15, 0.2) is 41.3 Å². The number of carbonyl (C=O) groups excluding carboxylic acids is 1. The number of alkyl halides is 3. The summed E-state index contributed by atoms with van der Waals surface area (Å²) in [6.07, 6.45) is -4.77. The van der Waals surface area contributed by atoms with Crippen molar-refractivity contribution in [1.29, 1.82) is 0 Å². The van der Waals surface area contributed by atoms with Gasteiger partial charge in [-0.3, -0.25) is 4.79 Å². The van der Waals surface area contributed by atoms with Crippen molar-refractivity contribution in [3.8, 4) is 5.75 Å².